The molecule has 7 atom stereocenters. The predicted octanol–water partition coefficient (Wildman–Crippen LogP) is -5.14. The van der Waals surface area contributed by atoms with Crippen molar-refractivity contribution in [3.8, 4) is 0 Å². The van der Waals surface area contributed by atoms with E-state index in [2.05, 4.69) is 72.1 Å². The number of H-pyrrole nitrogens is 1. The van der Waals surface area contributed by atoms with E-state index in [1.54, 1.807) is 13.8 Å². The van der Waals surface area contributed by atoms with Crippen LogP contribution in [0.15, 0.2) is 17.5 Å². The van der Waals surface area contributed by atoms with Crippen molar-refractivity contribution in [3.05, 3.63) is 18.2 Å². The molecule has 52 heavy (non-hydrogen) atoms. The van der Waals surface area contributed by atoms with E-state index in [-0.39, 0.29) is 43.3 Å². The van der Waals surface area contributed by atoms with E-state index in [1.807, 2.05) is 0 Å². The fraction of sp³-hybridized carbons (Fsp3) is 0.621. The minimum absolute atomic E-state index is 0.0253. The fourth-order valence-corrected chi connectivity index (χ4v) is 4.78. The molecule has 15 N–H and O–H groups in total. The first-order valence-corrected chi connectivity index (χ1v) is 17.5. The van der Waals surface area contributed by atoms with E-state index in [1.165, 1.54) is 12.5 Å². The fourth-order valence-electron chi connectivity index (χ4n) is 4.36. The Morgan fingerprint density at radius 3 is 2.06 bits per heavy atom. The van der Waals surface area contributed by atoms with E-state index in [0.717, 1.165) is 0 Å². The summed E-state index contributed by atoms with van der Waals surface area (Å²) in [5, 5.41) is 33.5. The summed E-state index contributed by atoms with van der Waals surface area (Å²) in [5.74, 6) is -7.10. The van der Waals surface area contributed by atoms with Crippen molar-refractivity contribution in [2.75, 3.05) is 31.2 Å². The number of aliphatic imine (C=N–C) groups is 1. The van der Waals surface area contributed by atoms with Crippen molar-refractivity contribution < 1.29 is 43.8 Å². The number of nitrogens with one attached hydrogen (secondary N) is 7. The molecule has 0 aromatic carbocycles. The van der Waals surface area contributed by atoms with Crippen LogP contribution in [0.4, 0.5) is 0 Å². The number of carbonyl (C=O) groups excluding carboxylic acids is 6. The Kier molecular flexibility index (Phi) is 20.8. The minimum Gasteiger partial charge on any atom is -0.480 e. The number of hydrogen-bond donors (Lipinski definition) is 14. The third-order valence-electron chi connectivity index (χ3n) is 7.57. The Hall–Kier alpha value is -4.61. The lowest BCUT2D eigenvalue weighted by atomic mass is 9.97. The van der Waals surface area contributed by atoms with Gasteiger partial charge in [-0.1, -0.05) is 20.3 Å². The molecule has 0 aliphatic rings. The van der Waals surface area contributed by atoms with Crippen LogP contribution in [0.5, 0.6) is 0 Å². The Morgan fingerprint density at radius 1 is 0.885 bits per heavy atom. The number of imidazole rings is 1. The standard InChI is InChI=1S/C29H50N12O9S2/c1-3-14(2)22(27(48)40-20(12-52)28(49)50)41-26(47)18(7-15-8-33-13-36-15)38-25(46)17(5-4-6-34-29(31)32)37-21(43)9-35-24(45)19(10-42)39-23(44)16(30)11-51/h8,13-14,16-20,22,42,51-52H,3-7,9-12,30H2,1-2H3,(H,33,36)(H,35,45)(H,37,43)(H,38,46)(H,39,44)(H,40,48)(H,41,47)(H,49,50)(H4,31,32,34)/t14-,16-,17-,18-,19-,20-,22-/m0/s1. The van der Waals surface area contributed by atoms with E-state index in [0.29, 0.717) is 12.1 Å². The van der Waals surface area contributed by atoms with Crippen molar-refractivity contribution in [3.63, 3.8) is 0 Å². The average molecular weight is 775 g/mol. The molecule has 0 bridgehead atoms. The summed E-state index contributed by atoms with van der Waals surface area (Å²) in [5.41, 5.74) is 16.8. The molecule has 21 nitrogen and oxygen atoms in total. The van der Waals surface area contributed by atoms with Gasteiger partial charge in [-0.25, -0.2) is 9.78 Å². The monoisotopic (exact) mass is 774 g/mol. The van der Waals surface area contributed by atoms with Gasteiger partial charge in [-0.05, 0) is 18.8 Å². The summed E-state index contributed by atoms with van der Waals surface area (Å²) in [4.78, 5) is 100. The highest BCUT2D eigenvalue weighted by molar-refractivity contribution is 7.80. The van der Waals surface area contributed by atoms with Gasteiger partial charge in [-0.2, -0.15) is 25.3 Å². The number of carboxylic acid groups (broad SMARTS) is 1. The molecule has 0 radical (unpaired) electrons. The third kappa shape index (κ3) is 16.2. The molecule has 1 heterocycles. The van der Waals surface area contributed by atoms with E-state index in [4.69, 9.17) is 17.2 Å². The molecular weight excluding hydrogens is 725 g/mol. The van der Waals surface area contributed by atoms with Crippen LogP contribution in [-0.2, 0) is 40.0 Å². The lowest BCUT2D eigenvalue weighted by molar-refractivity contribution is -0.142. The number of aliphatic hydroxyl groups is 1. The number of nitrogens with two attached hydrogens (primary N) is 3. The molecule has 0 spiro atoms. The molecule has 0 saturated heterocycles. The predicted molar refractivity (Wildman–Crippen MR) is 195 cm³/mol. The van der Waals surface area contributed by atoms with Crippen molar-refractivity contribution in [2.24, 2.45) is 28.1 Å². The maximum absolute atomic E-state index is 13.7. The maximum atomic E-state index is 13.7. The zero-order chi connectivity index (χ0) is 39.4. The van der Waals surface area contributed by atoms with Crippen LogP contribution in [0.25, 0.3) is 0 Å². The second-order valence-corrected chi connectivity index (χ2v) is 12.3. The molecule has 292 valence electrons. The maximum Gasteiger partial charge on any atom is 0.327 e. The number of carboxylic acids is 1. The van der Waals surface area contributed by atoms with Gasteiger partial charge in [-0.15, -0.1) is 0 Å². The van der Waals surface area contributed by atoms with Gasteiger partial charge in [0.2, 0.25) is 35.4 Å². The number of guanidine groups is 1. The van der Waals surface area contributed by atoms with Gasteiger partial charge >= 0.3 is 5.97 Å². The van der Waals surface area contributed by atoms with Gasteiger partial charge < -0.3 is 64.3 Å². The highest BCUT2D eigenvalue weighted by Crippen LogP contribution is 2.11. The van der Waals surface area contributed by atoms with E-state index >= 15 is 0 Å². The van der Waals surface area contributed by atoms with Crippen molar-refractivity contribution >= 4 is 72.6 Å². The summed E-state index contributed by atoms with van der Waals surface area (Å²) < 4.78 is 0. The number of thiol groups is 2. The first kappa shape index (κ1) is 45.4. The molecule has 6 amide bonds. The summed E-state index contributed by atoms with van der Waals surface area (Å²) >= 11 is 7.87. The first-order chi connectivity index (χ1) is 24.6. The molecule has 0 unspecified atom stereocenters. The van der Waals surface area contributed by atoms with Crippen LogP contribution < -0.4 is 49.1 Å². The topological polar surface area (TPSA) is 351 Å². The summed E-state index contributed by atoms with van der Waals surface area (Å²) in [7, 11) is 0. The Morgan fingerprint density at radius 2 is 1.52 bits per heavy atom. The number of amides is 6. The Labute approximate surface area is 311 Å². The van der Waals surface area contributed by atoms with Gasteiger partial charge in [0, 0.05) is 36.4 Å². The molecule has 0 aliphatic heterocycles. The molecule has 1 rings (SSSR count). The number of carbonyl (C=O) groups is 7. The van der Waals surface area contributed by atoms with Gasteiger partial charge in [0.05, 0.1) is 25.5 Å². The number of rotatable bonds is 24. The molecule has 23 heteroatoms. The second-order valence-electron chi connectivity index (χ2n) is 11.6. The normalized spacial score (nSPS) is 14.9. The van der Waals surface area contributed by atoms with Crippen LogP contribution in [0.2, 0.25) is 0 Å². The zero-order valence-electron chi connectivity index (χ0n) is 28.8. The number of nitrogens with zero attached hydrogens (tertiary/aromatic N) is 2. The molecular formula is C29H50N12O9S2. The number of aromatic amines is 1. The minimum atomic E-state index is -1.43. The first-order valence-electron chi connectivity index (χ1n) is 16.2. The molecule has 1 aromatic heterocycles. The third-order valence-corrected chi connectivity index (χ3v) is 8.33. The second kappa shape index (κ2) is 23.8. The Bertz CT molecular complexity index is 1380. The lowest BCUT2D eigenvalue weighted by Gasteiger charge is -2.28. The highest BCUT2D eigenvalue weighted by atomic mass is 32.1. The number of aliphatic hydroxyl groups excluding tert-OH is 1. The van der Waals surface area contributed by atoms with Gasteiger partial charge in [0.15, 0.2) is 5.96 Å². The van der Waals surface area contributed by atoms with Gasteiger partial charge in [0.1, 0.15) is 30.2 Å². The molecule has 0 saturated carbocycles. The zero-order valence-corrected chi connectivity index (χ0v) is 30.6. The van der Waals surface area contributed by atoms with Crippen LogP contribution in [0.3, 0.4) is 0 Å². The van der Waals surface area contributed by atoms with Crippen LogP contribution in [0.1, 0.15) is 38.8 Å². The SMILES string of the molecule is CC[C@H](C)[C@H](NC(=O)[C@H](Cc1cnc[nH]1)NC(=O)[C@H](CCCN=C(N)N)NC(=O)CNC(=O)[C@H](CO)NC(=O)[C@@H](N)CS)C(=O)N[C@@H](CS)C(=O)O. The summed E-state index contributed by atoms with van der Waals surface area (Å²) in [6.07, 6.45) is 3.22. The van der Waals surface area contributed by atoms with Crippen molar-refractivity contribution in [2.45, 2.75) is 75.8 Å². The lowest BCUT2D eigenvalue weighted by Crippen LogP contribution is -2.60. The van der Waals surface area contributed by atoms with Gasteiger partial charge in [0.25, 0.3) is 0 Å². The Balaban J connectivity index is 3.21. The largest absolute Gasteiger partial charge is 0.480 e. The van der Waals surface area contributed by atoms with Gasteiger partial charge in [-0.3, -0.25) is 33.8 Å². The van der Waals surface area contributed by atoms with E-state index < -0.39 is 96.7 Å². The number of aromatic nitrogens is 2. The van der Waals surface area contributed by atoms with Crippen molar-refractivity contribution in [1.82, 2.24) is 41.9 Å². The highest BCUT2D eigenvalue weighted by Gasteiger charge is 2.33. The molecule has 0 fully saturated rings. The number of hydrogen-bond acceptors (Lipinski definition) is 13. The van der Waals surface area contributed by atoms with Crippen LogP contribution >= 0.6 is 25.3 Å². The quantitative estimate of drug-likeness (QED) is 0.0203. The van der Waals surface area contributed by atoms with Crippen LogP contribution in [0, 0.1) is 5.92 Å². The number of aliphatic carboxylic acids is 1. The summed E-state index contributed by atoms with van der Waals surface area (Å²) in [6.45, 7) is 2.06. The molecule has 0 aliphatic carbocycles. The van der Waals surface area contributed by atoms with Crippen LogP contribution in [-0.4, -0.2) is 135 Å². The summed E-state index contributed by atoms with van der Waals surface area (Å²) in [6, 6.07) is -7.62. The van der Waals surface area contributed by atoms with E-state index in [9.17, 15) is 43.8 Å². The molecule has 1 aromatic rings. The van der Waals surface area contributed by atoms with Crippen molar-refractivity contribution in [1.29, 1.82) is 0 Å². The smallest absolute Gasteiger partial charge is 0.327 e. The average Bonchev–Trinajstić information content (AvgIpc) is 3.63.